The van der Waals surface area contributed by atoms with E-state index >= 15 is 0 Å². The van der Waals surface area contributed by atoms with Gasteiger partial charge < -0.3 is 5.11 Å². The van der Waals surface area contributed by atoms with Crippen molar-refractivity contribution in [3.05, 3.63) is 70.8 Å². The van der Waals surface area contributed by atoms with Gasteiger partial charge in [0.2, 0.25) is 10.0 Å². The van der Waals surface area contributed by atoms with Crippen molar-refractivity contribution in [2.45, 2.75) is 51.0 Å². The molecule has 0 aromatic heterocycles. The summed E-state index contributed by atoms with van der Waals surface area (Å²) < 4.78 is 27.1. The van der Waals surface area contributed by atoms with Gasteiger partial charge in [-0.05, 0) is 42.0 Å². The lowest BCUT2D eigenvalue weighted by atomic mass is 9.91. The summed E-state index contributed by atoms with van der Waals surface area (Å²) in [7, 11) is -3.31. The van der Waals surface area contributed by atoms with E-state index < -0.39 is 21.9 Å². The van der Waals surface area contributed by atoms with Crippen molar-refractivity contribution in [2.75, 3.05) is 5.75 Å². The first-order valence-electron chi connectivity index (χ1n) is 10.2. The minimum Gasteiger partial charge on any atom is -0.481 e. The standard InChI is InChI=1S/C23H27NO5S/c1-2-3-11-30(28,29)24-20-13-17-9-10-18(12-19(17)14-20)22(25)15-21(23(26)27)16-7-5-4-6-8-16/h4-10,12,20-21,24H,2-3,11,13-15H2,1H3,(H,26,27). The van der Waals surface area contributed by atoms with Crippen LogP contribution in [0.2, 0.25) is 0 Å². The fourth-order valence-electron chi connectivity index (χ4n) is 3.86. The Morgan fingerprint density at radius 2 is 1.80 bits per heavy atom. The van der Waals surface area contributed by atoms with E-state index in [1.807, 2.05) is 13.0 Å². The third kappa shape index (κ3) is 5.55. The molecule has 2 atom stereocenters. The number of carboxylic acid groups (broad SMARTS) is 1. The molecule has 0 aliphatic heterocycles. The molecule has 2 N–H and O–H groups in total. The highest BCUT2D eigenvalue weighted by Gasteiger charge is 2.28. The summed E-state index contributed by atoms with van der Waals surface area (Å²) >= 11 is 0. The number of carboxylic acids is 1. The van der Waals surface area contributed by atoms with Gasteiger partial charge in [-0.2, -0.15) is 0 Å². The molecule has 30 heavy (non-hydrogen) atoms. The summed E-state index contributed by atoms with van der Waals surface area (Å²) in [5, 5.41) is 9.56. The number of sulfonamides is 1. The van der Waals surface area contributed by atoms with E-state index in [4.69, 9.17) is 0 Å². The fraction of sp³-hybridized carbons (Fsp3) is 0.391. The second kappa shape index (κ2) is 9.53. The fourth-order valence-corrected chi connectivity index (χ4v) is 5.32. The van der Waals surface area contributed by atoms with Gasteiger partial charge in [0.05, 0.1) is 11.7 Å². The highest BCUT2D eigenvalue weighted by molar-refractivity contribution is 7.89. The normalized spacial score (nSPS) is 16.8. The Kier molecular flexibility index (Phi) is 7.05. The van der Waals surface area contributed by atoms with E-state index in [2.05, 4.69) is 4.72 Å². The molecule has 0 heterocycles. The number of aliphatic carboxylic acids is 1. The van der Waals surface area contributed by atoms with Crippen LogP contribution in [0.4, 0.5) is 0 Å². The molecular weight excluding hydrogens is 402 g/mol. The lowest BCUT2D eigenvalue weighted by Crippen LogP contribution is -2.36. The van der Waals surface area contributed by atoms with E-state index in [1.54, 1.807) is 42.5 Å². The van der Waals surface area contributed by atoms with Crippen molar-refractivity contribution in [2.24, 2.45) is 0 Å². The number of hydrogen-bond acceptors (Lipinski definition) is 4. The van der Waals surface area contributed by atoms with Gasteiger partial charge in [-0.1, -0.05) is 55.8 Å². The Morgan fingerprint density at radius 1 is 1.10 bits per heavy atom. The molecule has 0 fully saturated rings. The third-order valence-electron chi connectivity index (χ3n) is 5.46. The zero-order chi connectivity index (χ0) is 21.7. The predicted molar refractivity (Wildman–Crippen MR) is 115 cm³/mol. The van der Waals surface area contributed by atoms with Gasteiger partial charge >= 0.3 is 5.97 Å². The quantitative estimate of drug-likeness (QED) is 0.564. The van der Waals surface area contributed by atoms with Crippen LogP contribution in [-0.4, -0.2) is 37.1 Å². The first kappa shape index (κ1) is 22.2. The van der Waals surface area contributed by atoms with Gasteiger partial charge in [0.25, 0.3) is 0 Å². The molecule has 160 valence electrons. The number of ketones is 1. The van der Waals surface area contributed by atoms with E-state index in [9.17, 15) is 23.1 Å². The van der Waals surface area contributed by atoms with Crippen molar-refractivity contribution >= 4 is 21.8 Å². The second-order valence-electron chi connectivity index (χ2n) is 7.81. The maximum Gasteiger partial charge on any atom is 0.311 e. The second-order valence-corrected chi connectivity index (χ2v) is 9.68. The molecule has 3 rings (SSSR count). The van der Waals surface area contributed by atoms with Gasteiger partial charge in [0.1, 0.15) is 0 Å². The summed E-state index contributed by atoms with van der Waals surface area (Å²) in [5.74, 6) is -2.04. The van der Waals surface area contributed by atoms with Crippen molar-refractivity contribution in [1.82, 2.24) is 4.72 Å². The SMILES string of the molecule is CCCCS(=O)(=O)NC1Cc2ccc(C(=O)CC(C(=O)O)c3ccccc3)cc2C1. The molecule has 0 amide bonds. The summed E-state index contributed by atoms with van der Waals surface area (Å²) in [6, 6.07) is 13.9. The number of rotatable bonds is 10. The highest BCUT2D eigenvalue weighted by Crippen LogP contribution is 2.27. The van der Waals surface area contributed by atoms with Crippen LogP contribution in [0.5, 0.6) is 0 Å². The minimum atomic E-state index is -3.31. The first-order chi connectivity index (χ1) is 14.3. The molecule has 0 radical (unpaired) electrons. The van der Waals surface area contributed by atoms with Crippen LogP contribution in [-0.2, 0) is 27.7 Å². The number of carbonyl (C=O) groups excluding carboxylic acids is 1. The van der Waals surface area contributed by atoms with Gasteiger partial charge in [-0.3, -0.25) is 9.59 Å². The lowest BCUT2D eigenvalue weighted by Gasteiger charge is -2.12. The highest BCUT2D eigenvalue weighted by atomic mass is 32.2. The summed E-state index contributed by atoms with van der Waals surface area (Å²) in [5.41, 5.74) is 3.02. The maximum atomic E-state index is 12.8. The number of nitrogens with one attached hydrogen (secondary N) is 1. The van der Waals surface area contributed by atoms with Crippen LogP contribution < -0.4 is 4.72 Å². The van der Waals surface area contributed by atoms with Crippen LogP contribution in [0.1, 0.15) is 59.2 Å². The number of fused-ring (bicyclic) bond motifs is 1. The number of benzene rings is 2. The van der Waals surface area contributed by atoms with E-state index in [1.165, 1.54) is 0 Å². The Hall–Kier alpha value is -2.51. The van der Waals surface area contributed by atoms with Gasteiger partial charge in [-0.25, -0.2) is 13.1 Å². The van der Waals surface area contributed by atoms with Crippen LogP contribution in [0.15, 0.2) is 48.5 Å². The molecule has 1 aliphatic carbocycles. The molecule has 6 nitrogen and oxygen atoms in total. The molecule has 2 unspecified atom stereocenters. The zero-order valence-corrected chi connectivity index (χ0v) is 17.8. The Morgan fingerprint density at radius 3 is 2.47 bits per heavy atom. The average Bonchev–Trinajstić information content (AvgIpc) is 3.11. The molecular formula is C23H27NO5S. The summed E-state index contributed by atoms with van der Waals surface area (Å²) in [6.07, 6.45) is 2.45. The Balaban J connectivity index is 1.69. The molecule has 2 aromatic rings. The van der Waals surface area contributed by atoms with E-state index in [0.29, 0.717) is 30.4 Å². The zero-order valence-electron chi connectivity index (χ0n) is 17.0. The van der Waals surface area contributed by atoms with Gasteiger partial charge in [-0.15, -0.1) is 0 Å². The van der Waals surface area contributed by atoms with E-state index in [-0.39, 0.29) is 24.0 Å². The Labute approximate surface area is 177 Å². The van der Waals surface area contributed by atoms with Crippen LogP contribution in [0.25, 0.3) is 0 Å². The number of unbranched alkanes of at least 4 members (excludes halogenated alkanes) is 1. The number of hydrogen-bond donors (Lipinski definition) is 2. The van der Waals surface area contributed by atoms with E-state index in [0.717, 1.165) is 17.5 Å². The molecule has 7 heteroatoms. The summed E-state index contributed by atoms with van der Waals surface area (Å²) in [6.45, 7) is 1.95. The van der Waals surface area contributed by atoms with Crippen molar-refractivity contribution in [3.63, 3.8) is 0 Å². The summed E-state index contributed by atoms with van der Waals surface area (Å²) in [4.78, 5) is 24.5. The van der Waals surface area contributed by atoms with Crippen LogP contribution in [0, 0.1) is 0 Å². The van der Waals surface area contributed by atoms with Crippen molar-refractivity contribution in [3.8, 4) is 0 Å². The molecule has 0 saturated heterocycles. The van der Waals surface area contributed by atoms with Gasteiger partial charge in [0, 0.05) is 18.0 Å². The van der Waals surface area contributed by atoms with Gasteiger partial charge in [0.15, 0.2) is 5.78 Å². The third-order valence-corrected chi connectivity index (χ3v) is 6.98. The first-order valence-corrected chi connectivity index (χ1v) is 11.9. The molecule has 0 bridgehead atoms. The number of Topliss-reactive ketones (excluding diaryl/α,β-unsaturated/α-hetero) is 1. The van der Waals surface area contributed by atoms with Crippen molar-refractivity contribution < 1.29 is 23.1 Å². The average molecular weight is 430 g/mol. The monoisotopic (exact) mass is 429 g/mol. The molecule has 1 aliphatic rings. The largest absolute Gasteiger partial charge is 0.481 e. The number of carbonyl (C=O) groups is 2. The van der Waals surface area contributed by atoms with Crippen LogP contribution >= 0.6 is 0 Å². The lowest BCUT2D eigenvalue weighted by molar-refractivity contribution is -0.138. The van der Waals surface area contributed by atoms with Crippen LogP contribution in [0.3, 0.4) is 0 Å². The predicted octanol–water partition coefficient (Wildman–Crippen LogP) is 3.31. The maximum absolute atomic E-state index is 12.8. The minimum absolute atomic E-state index is 0.120. The molecule has 2 aromatic carbocycles. The molecule has 0 saturated carbocycles. The Bertz CT molecular complexity index is 1020. The smallest absolute Gasteiger partial charge is 0.311 e. The topological polar surface area (TPSA) is 101 Å². The van der Waals surface area contributed by atoms with Crippen molar-refractivity contribution in [1.29, 1.82) is 0 Å². The molecule has 0 spiro atoms.